The minimum absolute atomic E-state index is 0.177. The van der Waals surface area contributed by atoms with Crippen LogP contribution in [0.5, 0.6) is 11.5 Å². The van der Waals surface area contributed by atoms with Crippen LogP contribution in [0.1, 0.15) is 27.7 Å². The van der Waals surface area contributed by atoms with E-state index in [-0.39, 0.29) is 5.02 Å². The summed E-state index contributed by atoms with van der Waals surface area (Å²) < 4.78 is 31.3. The van der Waals surface area contributed by atoms with Crippen LogP contribution in [0.4, 0.5) is 10.1 Å². The molecule has 2 aromatic rings. The highest BCUT2D eigenvalue weighted by Crippen LogP contribution is 2.38. The van der Waals surface area contributed by atoms with Gasteiger partial charge < -0.3 is 19.8 Å². The largest absolute Gasteiger partial charge is 0.498 e. The van der Waals surface area contributed by atoms with Gasteiger partial charge in [-0.05, 0) is 64.1 Å². The second-order valence-corrected chi connectivity index (χ2v) is 7.47. The van der Waals surface area contributed by atoms with E-state index in [2.05, 4.69) is 0 Å². The molecule has 2 N–H and O–H groups in total. The molecule has 0 unspecified atom stereocenters. The summed E-state index contributed by atoms with van der Waals surface area (Å²) >= 11 is 6.06. The van der Waals surface area contributed by atoms with Crippen LogP contribution in [0.2, 0.25) is 5.02 Å². The van der Waals surface area contributed by atoms with Gasteiger partial charge in [0.1, 0.15) is 17.3 Å². The minimum atomic E-state index is -0.636. The molecule has 0 aromatic heterocycles. The lowest BCUT2D eigenvalue weighted by atomic mass is 9.78. The van der Waals surface area contributed by atoms with E-state index >= 15 is 0 Å². The molecule has 0 spiro atoms. The fraction of sp³-hybridized carbons (Fsp3) is 0.333. The van der Waals surface area contributed by atoms with Crippen molar-refractivity contribution in [2.75, 3.05) is 5.73 Å². The Morgan fingerprint density at radius 2 is 1.60 bits per heavy atom. The minimum Gasteiger partial charge on any atom is -0.456 e. The number of ether oxygens (including phenoxy) is 1. The summed E-state index contributed by atoms with van der Waals surface area (Å²) in [5.74, 6) is 0.396. The molecule has 1 saturated heterocycles. The maximum Gasteiger partial charge on any atom is 0.498 e. The van der Waals surface area contributed by atoms with Crippen LogP contribution in [-0.2, 0) is 9.31 Å². The summed E-state index contributed by atoms with van der Waals surface area (Å²) in [4.78, 5) is 0. The van der Waals surface area contributed by atoms with E-state index in [0.29, 0.717) is 22.6 Å². The fourth-order valence-corrected chi connectivity index (χ4v) is 2.70. The molecule has 2 aromatic carbocycles. The van der Waals surface area contributed by atoms with Crippen LogP contribution in [0.25, 0.3) is 0 Å². The molecule has 1 fully saturated rings. The zero-order valence-electron chi connectivity index (χ0n) is 14.6. The van der Waals surface area contributed by atoms with Crippen LogP contribution in [0, 0.1) is 5.82 Å². The fourth-order valence-electron chi connectivity index (χ4n) is 2.49. The van der Waals surface area contributed by atoms with Gasteiger partial charge in [0.25, 0.3) is 0 Å². The summed E-state index contributed by atoms with van der Waals surface area (Å²) in [7, 11) is -0.636. The van der Waals surface area contributed by atoms with Gasteiger partial charge >= 0.3 is 7.12 Å². The molecule has 3 rings (SSSR count). The molecule has 0 aliphatic carbocycles. The summed E-state index contributed by atoms with van der Waals surface area (Å²) in [5, 5.41) is 0.177. The van der Waals surface area contributed by atoms with Gasteiger partial charge in [0.05, 0.1) is 16.2 Å². The maximum absolute atomic E-state index is 13.2. The van der Waals surface area contributed by atoms with E-state index in [1.165, 1.54) is 18.2 Å². The number of nitrogens with two attached hydrogens (primary N) is 1. The van der Waals surface area contributed by atoms with Gasteiger partial charge in [0, 0.05) is 11.2 Å². The number of anilines is 1. The number of hydrogen-bond acceptors (Lipinski definition) is 4. The van der Waals surface area contributed by atoms with Gasteiger partial charge in [-0.1, -0.05) is 11.6 Å². The van der Waals surface area contributed by atoms with E-state index in [0.717, 1.165) is 0 Å². The molecule has 25 heavy (non-hydrogen) atoms. The molecule has 0 saturated carbocycles. The Kier molecular flexibility index (Phi) is 4.48. The lowest BCUT2D eigenvalue weighted by molar-refractivity contribution is 0.00578. The number of hydrogen-bond donors (Lipinski definition) is 1. The topological polar surface area (TPSA) is 53.7 Å². The second kappa shape index (κ2) is 6.20. The quantitative estimate of drug-likeness (QED) is 0.657. The standard InChI is InChI=1S/C18H20BClFNO3/c1-17(2)18(3,4)25-19(24-17)13-10-12(22)6-8-15(13)23-16-7-5-11(21)9-14(16)20/h5-10H,22H2,1-4H3. The van der Waals surface area contributed by atoms with Gasteiger partial charge in [-0.3, -0.25) is 0 Å². The van der Waals surface area contributed by atoms with Gasteiger partial charge in [0.15, 0.2) is 0 Å². The summed E-state index contributed by atoms with van der Waals surface area (Å²) in [6.45, 7) is 7.88. The Morgan fingerprint density at radius 3 is 2.20 bits per heavy atom. The van der Waals surface area contributed by atoms with Crippen molar-refractivity contribution < 1.29 is 18.4 Å². The molecular weight excluding hydrogens is 343 g/mol. The average Bonchev–Trinajstić information content (AvgIpc) is 2.72. The lowest BCUT2D eigenvalue weighted by Crippen LogP contribution is -2.41. The Morgan fingerprint density at radius 1 is 1.00 bits per heavy atom. The van der Waals surface area contributed by atoms with E-state index < -0.39 is 24.1 Å². The number of rotatable bonds is 3. The normalized spacial score (nSPS) is 18.4. The first-order chi connectivity index (χ1) is 11.6. The summed E-state index contributed by atoms with van der Waals surface area (Å²) in [6, 6.07) is 9.13. The van der Waals surface area contributed by atoms with E-state index in [1.807, 2.05) is 27.7 Å². The van der Waals surface area contributed by atoms with Crippen molar-refractivity contribution in [3.63, 3.8) is 0 Å². The predicted molar refractivity (Wildman–Crippen MR) is 98.1 cm³/mol. The number of benzene rings is 2. The van der Waals surface area contributed by atoms with Crippen LogP contribution < -0.4 is 15.9 Å². The highest BCUT2D eigenvalue weighted by atomic mass is 35.5. The summed E-state index contributed by atoms with van der Waals surface area (Å²) in [5.41, 5.74) is 6.15. The van der Waals surface area contributed by atoms with Gasteiger partial charge in [-0.15, -0.1) is 0 Å². The molecule has 132 valence electrons. The zero-order valence-corrected chi connectivity index (χ0v) is 15.4. The first kappa shape index (κ1) is 18.0. The molecule has 1 aliphatic rings. The third-order valence-electron chi connectivity index (χ3n) is 4.65. The van der Waals surface area contributed by atoms with Crippen molar-refractivity contribution in [2.45, 2.75) is 38.9 Å². The third kappa shape index (κ3) is 3.47. The first-order valence-corrected chi connectivity index (χ1v) is 8.35. The van der Waals surface area contributed by atoms with Gasteiger partial charge in [-0.25, -0.2) is 4.39 Å². The highest BCUT2D eigenvalue weighted by Gasteiger charge is 2.52. The highest BCUT2D eigenvalue weighted by molar-refractivity contribution is 6.63. The van der Waals surface area contributed by atoms with Crippen molar-refractivity contribution in [2.24, 2.45) is 0 Å². The zero-order chi connectivity index (χ0) is 18.4. The summed E-state index contributed by atoms with van der Waals surface area (Å²) in [6.07, 6.45) is 0. The predicted octanol–water partition coefficient (Wildman–Crippen LogP) is 4.15. The molecule has 0 atom stereocenters. The Bertz CT molecular complexity index is 797. The maximum atomic E-state index is 13.2. The van der Waals surface area contributed by atoms with E-state index in [9.17, 15) is 4.39 Å². The van der Waals surface area contributed by atoms with Gasteiger partial charge in [-0.2, -0.15) is 0 Å². The SMILES string of the molecule is CC1(C)OB(c2cc(N)ccc2Oc2ccc(F)cc2Cl)OC1(C)C. The smallest absolute Gasteiger partial charge is 0.456 e. The Labute approximate surface area is 152 Å². The number of nitrogen functional groups attached to an aromatic ring is 1. The van der Waals surface area contributed by atoms with Crippen molar-refractivity contribution in [3.8, 4) is 11.5 Å². The molecule has 1 heterocycles. The molecule has 0 amide bonds. The van der Waals surface area contributed by atoms with E-state index in [1.54, 1.807) is 18.2 Å². The lowest BCUT2D eigenvalue weighted by Gasteiger charge is -2.32. The van der Waals surface area contributed by atoms with Crippen molar-refractivity contribution in [1.29, 1.82) is 0 Å². The molecule has 0 bridgehead atoms. The second-order valence-electron chi connectivity index (χ2n) is 7.06. The molecular formula is C18H20BClFNO3. The Hall–Kier alpha value is -1.76. The van der Waals surface area contributed by atoms with Crippen molar-refractivity contribution in [1.82, 2.24) is 0 Å². The molecule has 7 heteroatoms. The van der Waals surface area contributed by atoms with Gasteiger partial charge in [0.2, 0.25) is 0 Å². The molecule has 1 aliphatic heterocycles. The molecule has 4 nitrogen and oxygen atoms in total. The van der Waals surface area contributed by atoms with Crippen LogP contribution >= 0.6 is 11.6 Å². The third-order valence-corrected chi connectivity index (χ3v) is 4.95. The van der Waals surface area contributed by atoms with Crippen molar-refractivity contribution >= 4 is 29.9 Å². The Balaban J connectivity index is 1.97. The van der Waals surface area contributed by atoms with Crippen molar-refractivity contribution in [3.05, 3.63) is 47.2 Å². The monoisotopic (exact) mass is 363 g/mol. The average molecular weight is 364 g/mol. The van der Waals surface area contributed by atoms with Crippen LogP contribution in [0.15, 0.2) is 36.4 Å². The first-order valence-electron chi connectivity index (χ1n) is 7.97. The van der Waals surface area contributed by atoms with E-state index in [4.69, 9.17) is 31.4 Å². The van der Waals surface area contributed by atoms with Crippen LogP contribution in [0.3, 0.4) is 0 Å². The number of halogens is 2. The van der Waals surface area contributed by atoms with Crippen LogP contribution in [-0.4, -0.2) is 18.3 Å². The molecule has 0 radical (unpaired) electrons.